The number of nitrogens with one attached hydrogen (secondary N) is 1. The molecule has 0 amide bonds. The number of benzene rings is 2. The van der Waals surface area contributed by atoms with Crippen LogP contribution >= 0.6 is 11.8 Å². The maximum atomic E-state index is 13.8. The van der Waals surface area contributed by atoms with E-state index in [1.54, 1.807) is 36.9 Å². The van der Waals surface area contributed by atoms with Gasteiger partial charge in [0, 0.05) is 16.3 Å². The highest BCUT2D eigenvalue weighted by Gasteiger charge is 2.23. The second-order valence-corrected chi connectivity index (χ2v) is 6.06. The molecule has 1 N–H and O–H groups in total. The summed E-state index contributed by atoms with van der Waals surface area (Å²) in [4.78, 5) is 0.732. The van der Waals surface area contributed by atoms with Crippen LogP contribution in [0.2, 0.25) is 0 Å². The lowest BCUT2D eigenvalue weighted by Gasteiger charge is -2.27. The predicted octanol–water partition coefficient (Wildman–Crippen LogP) is 4.92. The van der Waals surface area contributed by atoms with E-state index in [1.807, 2.05) is 6.07 Å². The topological polar surface area (TPSA) is 12.0 Å². The summed E-state index contributed by atoms with van der Waals surface area (Å²) in [5, 5.41) is 3.39. The Labute approximate surface area is 121 Å². The highest BCUT2D eigenvalue weighted by molar-refractivity contribution is 7.99. The number of fused-ring (bicyclic) bond motifs is 1. The fourth-order valence-electron chi connectivity index (χ4n) is 2.47. The molecule has 1 aliphatic rings. The first kappa shape index (κ1) is 13.4. The van der Waals surface area contributed by atoms with Crippen molar-refractivity contribution in [1.82, 2.24) is 0 Å². The van der Waals surface area contributed by atoms with Gasteiger partial charge in [-0.25, -0.2) is 8.78 Å². The Morgan fingerprint density at radius 1 is 1.15 bits per heavy atom. The van der Waals surface area contributed by atoms with Crippen LogP contribution in [0.25, 0.3) is 0 Å². The van der Waals surface area contributed by atoms with E-state index >= 15 is 0 Å². The first-order valence-electron chi connectivity index (χ1n) is 6.59. The number of anilines is 1. The minimum atomic E-state index is -0.207. The second kappa shape index (κ2) is 5.44. The Morgan fingerprint density at radius 3 is 2.80 bits per heavy atom. The van der Waals surface area contributed by atoms with Crippen molar-refractivity contribution in [2.24, 2.45) is 0 Å². The maximum Gasteiger partial charge on any atom is 0.137 e. The van der Waals surface area contributed by atoms with E-state index in [0.717, 1.165) is 28.3 Å². The quantitative estimate of drug-likeness (QED) is 0.842. The highest BCUT2D eigenvalue weighted by atomic mass is 32.2. The number of aryl methyl sites for hydroxylation is 1. The minimum Gasteiger partial charge on any atom is -0.378 e. The average molecular weight is 291 g/mol. The maximum absolute atomic E-state index is 13.8. The van der Waals surface area contributed by atoms with E-state index < -0.39 is 0 Å². The fourth-order valence-corrected chi connectivity index (χ4v) is 3.61. The van der Waals surface area contributed by atoms with E-state index in [9.17, 15) is 8.78 Å². The van der Waals surface area contributed by atoms with Gasteiger partial charge in [0.1, 0.15) is 11.6 Å². The SMILES string of the molecule is Cc1cc(NC2CCSc3c(F)cccc32)ccc1F. The summed E-state index contributed by atoms with van der Waals surface area (Å²) in [6, 6.07) is 10.2. The Morgan fingerprint density at radius 2 is 2.00 bits per heavy atom. The average Bonchev–Trinajstić information content (AvgIpc) is 2.44. The van der Waals surface area contributed by atoms with Gasteiger partial charge in [0.25, 0.3) is 0 Å². The van der Waals surface area contributed by atoms with Gasteiger partial charge in [-0.15, -0.1) is 11.8 Å². The van der Waals surface area contributed by atoms with Gasteiger partial charge in [0.2, 0.25) is 0 Å². The molecule has 0 aliphatic carbocycles. The number of thioether (sulfide) groups is 1. The van der Waals surface area contributed by atoms with Gasteiger partial charge in [-0.2, -0.15) is 0 Å². The van der Waals surface area contributed by atoms with Gasteiger partial charge in [0.15, 0.2) is 0 Å². The molecule has 2 aromatic rings. The number of rotatable bonds is 2. The molecule has 1 nitrogen and oxygen atoms in total. The molecule has 1 aliphatic heterocycles. The van der Waals surface area contributed by atoms with Crippen LogP contribution in [0.15, 0.2) is 41.3 Å². The third-order valence-corrected chi connectivity index (χ3v) is 4.68. The van der Waals surface area contributed by atoms with E-state index in [4.69, 9.17) is 0 Å². The van der Waals surface area contributed by atoms with E-state index in [1.165, 1.54) is 12.1 Å². The minimum absolute atomic E-state index is 0.0758. The normalized spacial score (nSPS) is 17.6. The van der Waals surface area contributed by atoms with Gasteiger partial charge in [-0.1, -0.05) is 12.1 Å². The zero-order chi connectivity index (χ0) is 14.1. The fraction of sp³-hybridized carbons (Fsp3) is 0.250. The molecule has 0 saturated heterocycles. The lowest BCUT2D eigenvalue weighted by Crippen LogP contribution is -2.17. The Bertz CT molecular complexity index is 642. The second-order valence-electron chi connectivity index (χ2n) is 4.96. The van der Waals surface area contributed by atoms with Gasteiger partial charge >= 0.3 is 0 Å². The van der Waals surface area contributed by atoms with Crippen molar-refractivity contribution in [3.8, 4) is 0 Å². The van der Waals surface area contributed by atoms with E-state index in [2.05, 4.69) is 5.32 Å². The van der Waals surface area contributed by atoms with Gasteiger partial charge in [-0.3, -0.25) is 0 Å². The van der Waals surface area contributed by atoms with Crippen molar-refractivity contribution in [3.63, 3.8) is 0 Å². The van der Waals surface area contributed by atoms with Crippen LogP contribution < -0.4 is 5.32 Å². The van der Waals surface area contributed by atoms with Gasteiger partial charge in [0.05, 0.1) is 6.04 Å². The first-order valence-corrected chi connectivity index (χ1v) is 7.57. The van der Waals surface area contributed by atoms with Crippen LogP contribution in [0.1, 0.15) is 23.6 Å². The molecule has 2 aromatic carbocycles. The van der Waals surface area contributed by atoms with Crippen molar-refractivity contribution < 1.29 is 8.78 Å². The predicted molar refractivity (Wildman–Crippen MR) is 79.2 cm³/mol. The lowest BCUT2D eigenvalue weighted by molar-refractivity contribution is 0.585. The largest absolute Gasteiger partial charge is 0.378 e. The first-order chi connectivity index (χ1) is 9.65. The van der Waals surface area contributed by atoms with Crippen LogP contribution in [-0.2, 0) is 0 Å². The zero-order valence-corrected chi connectivity index (χ0v) is 11.9. The summed E-state index contributed by atoms with van der Waals surface area (Å²) in [7, 11) is 0. The number of hydrogen-bond acceptors (Lipinski definition) is 2. The monoisotopic (exact) mass is 291 g/mol. The molecule has 0 bridgehead atoms. The van der Waals surface area contributed by atoms with Crippen LogP contribution in [0.5, 0.6) is 0 Å². The summed E-state index contributed by atoms with van der Waals surface area (Å²) in [6.45, 7) is 1.74. The number of hydrogen-bond donors (Lipinski definition) is 1. The summed E-state index contributed by atoms with van der Waals surface area (Å²) >= 11 is 1.56. The molecular formula is C16H15F2NS. The summed E-state index contributed by atoms with van der Waals surface area (Å²) < 4.78 is 27.1. The third kappa shape index (κ3) is 2.52. The third-order valence-electron chi connectivity index (χ3n) is 3.52. The summed E-state index contributed by atoms with van der Waals surface area (Å²) in [5.74, 6) is 0.515. The molecule has 1 heterocycles. The van der Waals surface area contributed by atoms with Gasteiger partial charge < -0.3 is 5.32 Å². The number of halogens is 2. The molecule has 0 aromatic heterocycles. The Balaban J connectivity index is 1.89. The molecule has 20 heavy (non-hydrogen) atoms. The summed E-state index contributed by atoms with van der Waals surface area (Å²) in [5.41, 5.74) is 2.47. The van der Waals surface area contributed by atoms with Crippen molar-refractivity contribution in [3.05, 3.63) is 59.2 Å². The van der Waals surface area contributed by atoms with Gasteiger partial charge in [-0.05, 0) is 48.7 Å². The summed E-state index contributed by atoms with van der Waals surface area (Å²) in [6.07, 6.45) is 0.928. The molecule has 4 heteroatoms. The molecule has 0 saturated carbocycles. The standard InChI is InChI=1S/C16H15F2NS/c1-10-9-11(5-6-13(10)17)19-15-7-8-20-16-12(15)3-2-4-14(16)18/h2-6,9,15,19H,7-8H2,1H3. The zero-order valence-electron chi connectivity index (χ0n) is 11.1. The van der Waals surface area contributed by atoms with Crippen molar-refractivity contribution in [2.75, 3.05) is 11.1 Å². The van der Waals surface area contributed by atoms with E-state index in [0.29, 0.717) is 5.56 Å². The van der Waals surface area contributed by atoms with Crippen LogP contribution in [0.4, 0.5) is 14.5 Å². The molecule has 0 fully saturated rings. The van der Waals surface area contributed by atoms with Crippen molar-refractivity contribution in [1.29, 1.82) is 0 Å². The lowest BCUT2D eigenvalue weighted by atomic mass is 10.0. The van der Waals surface area contributed by atoms with Crippen LogP contribution in [-0.4, -0.2) is 5.75 Å². The molecule has 1 unspecified atom stereocenters. The molecular weight excluding hydrogens is 276 g/mol. The molecule has 3 rings (SSSR count). The molecule has 1 atom stereocenters. The Kier molecular flexibility index (Phi) is 3.66. The smallest absolute Gasteiger partial charge is 0.137 e. The van der Waals surface area contributed by atoms with E-state index in [-0.39, 0.29) is 17.7 Å². The molecule has 0 spiro atoms. The molecule has 104 valence electrons. The highest BCUT2D eigenvalue weighted by Crippen LogP contribution is 2.39. The van der Waals surface area contributed by atoms with Crippen molar-refractivity contribution in [2.45, 2.75) is 24.3 Å². The molecule has 0 radical (unpaired) electrons. The van der Waals surface area contributed by atoms with Crippen LogP contribution in [0, 0.1) is 18.6 Å². The van der Waals surface area contributed by atoms with Crippen LogP contribution in [0.3, 0.4) is 0 Å². The Hall–Kier alpha value is -1.55. The van der Waals surface area contributed by atoms with Crippen molar-refractivity contribution >= 4 is 17.4 Å².